The predicted octanol–water partition coefficient (Wildman–Crippen LogP) is 5.60. The van der Waals surface area contributed by atoms with Gasteiger partial charge in [0.15, 0.2) is 11.5 Å². The van der Waals surface area contributed by atoms with Gasteiger partial charge >= 0.3 is 0 Å². The lowest BCUT2D eigenvalue weighted by Gasteiger charge is -2.15. The summed E-state index contributed by atoms with van der Waals surface area (Å²) in [6, 6.07) is 17.7. The van der Waals surface area contributed by atoms with Gasteiger partial charge in [-0.05, 0) is 66.1 Å². The molecule has 0 spiro atoms. The molecule has 7 nitrogen and oxygen atoms in total. The van der Waals surface area contributed by atoms with E-state index in [9.17, 15) is 5.11 Å². The van der Waals surface area contributed by atoms with Gasteiger partial charge < -0.3 is 29.2 Å². The molecule has 0 fully saturated rings. The van der Waals surface area contributed by atoms with Crippen LogP contribution in [0.4, 0.5) is 5.69 Å². The Labute approximate surface area is 199 Å². The van der Waals surface area contributed by atoms with E-state index in [1.165, 1.54) is 14.2 Å². The van der Waals surface area contributed by atoms with Gasteiger partial charge in [0.05, 0.1) is 32.7 Å². The number of benzene rings is 3. The summed E-state index contributed by atoms with van der Waals surface area (Å²) in [6.07, 6.45) is 1.83. The lowest BCUT2D eigenvalue weighted by atomic mass is 9.98. The second-order valence-corrected chi connectivity index (χ2v) is 7.96. The van der Waals surface area contributed by atoms with Crippen molar-refractivity contribution in [3.8, 4) is 56.8 Å². The summed E-state index contributed by atoms with van der Waals surface area (Å²) in [6.45, 7) is 2.51. The number of aromatic nitrogens is 2. The monoisotopic (exact) mass is 459 g/mol. The highest BCUT2D eigenvalue weighted by Gasteiger charge is 2.18. The fraction of sp³-hybridized carbons (Fsp3) is 0.222. The number of methoxy groups -OCH3 is 2. The molecule has 4 rings (SSSR count). The van der Waals surface area contributed by atoms with Crippen molar-refractivity contribution in [1.29, 1.82) is 0 Å². The number of rotatable bonds is 8. The molecule has 0 atom stereocenters. The van der Waals surface area contributed by atoms with Crippen molar-refractivity contribution in [2.45, 2.75) is 6.92 Å². The van der Waals surface area contributed by atoms with E-state index in [4.69, 9.17) is 14.2 Å². The van der Waals surface area contributed by atoms with Gasteiger partial charge in [0.1, 0.15) is 11.6 Å². The van der Waals surface area contributed by atoms with Crippen LogP contribution in [0.2, 0.25) is 0 Å². The van der Waals surface area contributed by atoms with Crippen molar-refractivity contribution in [3.05, 3.63) is 60.8 Å². The number of hydrogen-bond acceptors (Lipinski definition) is 6. The fourth-order valence-corrected chi connectivity index (χ4v) is 3.82. The first-order chi connectivity index (χ1) is 16.4. The molecule has 0 radical (unpaired) electrons. The van der Waals surface area contributed by atoms with E-state index < -0.39 is 0 Å². The Bertz CT molecular complexity index is 1250. The highest BCUT2D eigenvalue weighted by molar-refractivity contribution is 5.84. The Hall–Kier alpha value is -4.13. The maximum absolute atomic E-state index is 10.4. The fourth-order valence-electron chi connectivity index (χ4n) is 3.82. The molecule has 176 valence electrons. The standard InChI is InChI=1S/C27H29N3O4/c1-6-34-20-11-12-21(18-13-24(32-4)26(31)25(14-18)33-5)22(15-20)27-28-16-23(29-27)17-7-9-19(10-8-17)30(2)3/h7-16,31H,6H2,1-5H3,(H,28,29). The zero-order chi connectivity index (χ0) is 24.2. The Balaban J connectivity index is 1.81. The van der Waals surface area contributed by atoms with E-state index in [1.54, 1.807) is 12.1 Å². The average Bonchev–Trinajstić information content (AvgIpc) is 3.35. The van der Waals surface area contributed by atoms with Crippen molar-refractivity contribution in [1.82, 2.24) is 9.97 Å². The van der Waals surface area contributed by atoms with Gasteiger partial charge in [-0.15, -0.1) is 0 Å². The summed E-state index contributed by atoms with van der Waals surface area (Å²) in [5.74, 6) is 2.06. The van der Waals surface area contributed by atoms with Gasteiger partial charge in [-0.3, -0.25) is 0 Å². The molecule has 1 heterocycles. The number of phenols is 1. The van der Waals surface area contributed by atoms with Crippen molar-refractivity contribution in [2.24, 2.45) is 0 Å². The third-order valence-corrected chi connectivity index (χ3v) is 5.62. The number of H-pyrrole nitrogens is 1. The van der Waals surface area contributed by atoms with Crippen molar-refractivity contribution < 1.29 is 19.3 Å². The summed E-state index contributed by atoms with van der Waals surface area (Å²) < 4.78 is 16.5. The van der Waals surface area contributed by atoms with E-state index >= 15 is 0 Å². The van der Waals surface area contributed by atoms with E-state index in [2.05, 4.69) is 39.1 Å². The first-order valence-electron chi connectivity index (χ1n) is 11.0. The van der Waals surface area contributed by atoms with Crippen LogP contribution in [0.1, 0.15) is 6.92 Å². The number of phenolic OH excluding ortho intramolecular Hbond substituents is 1. The molecule has 0 saturated carbocycles. The Morgan fingerprint density at radius 3 is 2.15 bits per heavy atom. The third-order valence-electron chi connectivity index (χ3n) is 5.62. The number of anilines is 1. The Kier molecular flexibility index (Phi) is 6.63. The normalized spacial score (nSPS) is 10.7. The molecule has 7 heteroatoms. The lowest BCUT2D eigenvalue weighted by Crippen LogP contribution is -2.07. The van der Waals surface area contributed by atoms with Crippen molar-refractivity contribution in [3.63, 3.8) is 0 Å². The van der Waals surface area contributed by atoms with Crippen LogP contribution in [0, 0.1) is 0 Å². The summed E-state index contributed by atoms with van der Waals surface area (Å²) in [4.78, 5) is 10.2. The SMILES string of the molecule is CCOc1ccc(-c2cc(OC)c(O)c(OC)c2)c(-c2ncc(-c3ccc(N(C)C)cc3)[nH]2)c1. The molecule has 1 aromatic heterocycles. The molecular formula is C27H29N3O4. The molecular weight excluding hydrogens is 430 g/mol. The molecule has 3 aromatic carbocycles. The first-order valence-corrected chi connectivity index (χ1v) is 11.0. The van der Waals surface area contributed by atoms with Gasteiger partial charge in [-0.1, -0.05) is 12.1 Å². The number of aromatic hydroxyl groups is 1. The number of hydrogen-bond donors (Lipinski definition) is 2. The largest absolute Gasteiger partial charge is 0.502 e. The van der Waals surface area contributed by atoms with Crippen LogP contribution in [0.5, 0.6) is 23.0 Å². The Morgan fingerprint density at radius 1 is 0.882 bits per heavy atom. The van der Waals surface area contributed by atoms with E-state index in [0.29, 0.717) is 23.9 Å². The van der Waals surface area contributed by atoms with Gasteiger partial charge in [0.2, 0.25) is 5.75 Å². The number of nitrogens with one attached hydrogen (secondary N) is 1. The maximum atomic E-state index is 10.4. The van der Waals surface area contributed by atoms with Crippen LogP contribution in [0.15, 0.2) is 60.8 Å². The summed E-state index contributed by atoms with van der Waals surface area (Å²) in [5.41, 5.74) is 5.65. The van der Waals surface area contributed by atoms with E-state index in [1.807, 2.05) is 45.4 Å². The van der Waals surface area contributed by atoms with Gasteiger partial charge in [0, 0.05) is 25.3 Å². The third kappa shape index (κ3) is 4.50. The molecule has 2 N–H and O–H groups in total. The van der Waals surface area contributed by atoms with Crippen molar-refractivity contribution >= 4 is 5.69 Å². The number of ether oxygens (including phenoxy) is 3. The molecule has 0 aliphatic rings. The minimum absolute atomic E-state index is 0.0392. The number of nitrogens with zero attached hydrogens (tertiary/aromatic N) is 2. The minimum Gasteiger partial charge on any atom is -0.502 e. The van der Waals surface area contributed by atoms with Gasteiger partial charge in [0.25, 0.3) is 0 Å². The van der Waals surface area contributed by atoms with Crippen LogP contribution in [0.3, 0.4) is 0 Å². The molecule has 0 aliphatic carbocycles. The van der Waals surface area contributed by atoms with Crippen LogP contribution in [0.25, 0.3) is 33.8 Å². The molecule has 34 heavy (non-hydrogen) atoms. The second-order valence-electron chi connectivity index (χ2n) is 7.96. The quantitative estimate of drug-likeness (QED) is 0.357. The van der Waals surface area contributed by atoms with Crippen LogP contribution in [-0.2, 0) is 0 Å². The predicted molar refractivity (Wildman–Crippen MR) is 135 cm³/mol. The van der Waals surface area contributed by atoms with E-state index in [0.717, 1.165) is 39.4 Å². The number of imidazole rings is 1. The first kappa shape index (κ1) is 23.0. The summed E-state index contributed by atoms with van der Waals surface area (Å²) in [7, 11) is 7.06. The minimum atomic E-state index is -0.0392. The van der Waals surface area contributed by atoms with Gasteiger partial charge in [-0.25, -0.2) is 4.98 Å². The zero-order valence-corrected chi connectivity index (χ0v) is 20.0. The van der Waals surface area contributed by atoms with Crippen LogP contribution < -0.4 is 19.1 Å². The Morgan fingerprint density at radius 2 is 1.56 bits per heavy atom. The molecule has 0 amide bonds. The summed E-state index contributed by atoms with van der Waals surface area (Å²) in [5, 5.41) is 10.4. The van der Waals surface area contributed by atoms with E-state index in [-0.39, 0.29) is 5.75 Å². The molecule has 0 bridgehead atoms. The molecule has 0 saturated heterocycles. The van der Waals surface area contributed by atoms with Crippen LogP contribution >= 0.6 is 0 Å². The molecule has 4 aromatic rings. The number of aromatic amines is 1. The second kappa shape index (κ2) is 9.79. The smallest absolute Gasteiger partial charge is 0.200 e. The topological polar surface area (TPSA) is 79.8 Å². The maximum Gasteiger partial charge on any atom is 0.200 e. The van der Waals surface area contributed by atoms with Crippen molar-refractivity contribution in [2.75, 3.05) is 39.8 Å². The zero-order valence-electron chi connectivity index (χ0n) is 20.0. The molecule has 0 aliphatic heterocycles. The molecule has 0 unspecified atom stereocenters. The average molecular weight is 460 g/mol. The van der Waals surface area contributed by atoms with Gasteiger partial charge in [-0.2, -0.15) is 0 Å². The lowest BCUT2D eigenvalue weighted by molar-refractivity contribution is 0.340. The summed E-state index contributed by atoms with van der Waals surface area (Å²) >= 11 is 0. The van der Waals surface area contributed by atoms with Crippen LogP contribution in [-0.4, -0.2) is 50.0 Å². The highest BCUT2D eigenvalue weighted by Crippen LogP contribution is 2.43. The highest BCUT2D eigenvalue weighted by atomic mass is 16.5.